The Balaban J connectivity index is 2.32. The van der Waals surface area contributed by atoms with Crippen LogP contribution >= 0.6 is 0 Å². The Bertz CT molecular complexity index is 390. The van der Waals surface area contributed by atoms with E-state index < -0.39 is 17.6 Å². The number of hydrogen-bond acceptors (Lipinski definition) is 4. The van der Waals surface area contributed by atoms with Crippen LogP contribution in [0.1, 0.15) is 37.9 Å². The van der Waals surface area contributed by atoms with Crippen molar-refractivity contribution < 1.29 is 17.7 Å². The molecule has 0 aromatic carbocycles. The molecule has 2 rings (SSSR count). The molecule has 0 amide bonds. The van der Waals surface area contributed by atoms with Gasteiger partial charge in [-0.15, -0.1) is 0 Å². The molecular weight excluding hydrogens is 223 g/mol. The van der Waals surface area contributed by atoms with E-state index >= 15 is 0 Å². The predicted octanol–water partition coefficient (Wildman–Crippen LogP) is 2.06. The van der Waals surface area contributed by atoms with Crippen LogP contribution in [0.5, 0.6) is 0 Å². The first-order valence-electron chi connectivity index (χ1n) is 5.04. The maximum Gasteiger partial charge on any atom is 0.471 e. The van der Waals surface area contributed by atoms with Crippen molar-refractivity contribution in [3.8, 4) is 0 Å². The lowest BCUT2D eigenvalue weighted by Gasteiger charge is -2.24. The van der Waals surface area contributed by atoms with Crippen molar-refractivity contribution in [1.29, 1.82) is 0 Å². The normalized spacial score (nSPS) is 30.9. The number of hydrogen-bond donors (Lipinski definition) is 1. The van der Waals surface area contributed by atoms with E-state index in [0.29, 0.717) is 6.42 Å². The van der Waals surface area contributed by atoms with E-state index in [-0.39, 0.29) is 11.7 Å². The third-order valence-electron chi connectivity index (χ3n) is 3.19. The largest absolute Gasteiger partial charge is 0.471 e. The lowest BCUT2D eigenvalue weighted by molar-refractivity contribution is -0.159. The lowest BCUT2D eigenvalue weighted by Crippen LogP contribution is -2.40. The molecule has 1 fully saturated rings. The second kappa shape index (κ2) is 3.44. The van der Waals surface area contributed by atoms with Gasteiger partial charge in [0, 0.05) is 0 Å². The molecule has 0 saturated heterocycles. The van der Waals surface area contributed by atoms with Gasteiger partial charge in [-0.25, -0.2) is 0 Å². The van der Waals surface area contributed by atoms with Gasteiger partial charge < -0.3 is 10.3 Å². The van der Waals surface area contributed by atoms with Crippen molar-refractivity contribution in [3.05, 3.63) is 11.7 Å². The molecule has 7 heteroatoms. The average molecular weight is 235 g/mol. The van der Waals surface area contributed by atoms with E-state index in [1.807, 2.05) is 6.92 Å². The molecule has 0 spiro atoms. The molecule has 1 aromatic heterocycles. The van der Waals surface area contributed by atoms with Crippen LogP contribution in [-0.2, 0) is 11.7 Å². The summed E-state index contributed by atoms with van der Waals surface area (Å²) in [5.41, 5.74) is 5.15. The lowest BCUT2D eigenvalue weighted by atomic mass is 9.89. The van der Waals surface area contributed by atoms with Crippen LogP contribution in [-0.4, -0.2) is 10.1 Å². The first-order valence-corrected chi connectivity index (χ1v) is 5.04. The van der Waals surface area contributed by atoms with Gasteiger partial charge in [-0.3, -0.25) is 0 Å². The zero-order chi connectivity index (χ0) is 12.0. The quantitative estimate of drug-likeness (QED) is 0.809. The fourth-order valence-electron chi connectivity index (χ4n) is 2.06. The smallest absolute Gasteiger partial charge is 0.329 e. The summed E-state index contributed by atoms with van der Waals surface area (Å²) < 4.78 is 41.0. The molecule has 2 unspecified atom stereocenters. The highest BCUT2D eigenvalue weighted by Gasteiger charge is 2.45. The van der Waals surface area contributed by atoms with E-state index in [4.69, 9.17) is 5.73 Å². The monoisotopic (exact) mass is 235 g/mol. The van der Waals surface area contributed by atoms with Crippen LogP contribution in [0.3, 0.4) is 0 Å². The number of alkyl halides is 3. The van der Waals surface area contributed by atoms with E-state index in [1.165, 1.54) is 0 Å². The first kappa shape index (κ1) is 11.4. The Kier molecular flexibility index (Phi) is 2.45. The summed E-state index contributed by atoms with van der Waals surface area (Å²) in [5.74, 6) is -1.30. The molecular formula is C9H12F3N3O. The molecule has 90 valence electrons. The van der Waals surface area contributed by atoms with Gasteiger partial charge in [-0.1, -0.05) is 18.5 Å². The van der Waals surface area contributed by atoms with Gasteiger partial charge in [0.15, 0.2) is 5.82 Å². The molecule has 1 saturated carbocycles. The summed E-state index contributed by atoms with van der Waals surface area (Å²) in [6.45, 7) is 1.89. The minimum atomic E-state index is -4.61. The molecule has 0 radical (unpaired) electrons. The average Bonchev–Trinajstić information content (AvgIpc) is 2.74. The third-order valence-corrected chi connectivity index (χ3v) is 3.19. The van der Waals surface area contributed by atoms with Crippen LogP contribution in [0.4, 0.5) is 13.2 Å². The Labute approximate surface area is 90.0 Å². The SMILES string of the molecule is CC1CCCC1(N)c1noc(C(F)(F)F)n1. The van der Waals surface area contributed by atoms with Gasteiger partial charge in [-0.2, -0.15) is 18.2 Å². The summed E-state index contributed by atoms with van der Waals surface area (Å²) in [4.78, 5) is 3.36. The van der Waals surface area contributed by atoms with Gasteiger partial charge >= 0.3 is 12.1 Å². The van der Waals surface area contributed by atoms with Crippen LogP contribution in [0, 0.1) is 5.92 Å². The van der Waals surface area contributed by atoms with E-state index in [2.05, 4.69) is 14.7 Å². The Morgan fingerprint density at radius 2 is 2.19 bits per heavy atom. The fraction of sp³-hybridized carbons (Fsp3) is 0.778. The van der Waals surface area contributed by atoms with Crippen molar-refractivity contribution in [1.82, 2.24) is 10.1 Å². The van der Waals surface area contributed by atoms with Gasteiger partial charge in [-0.05, 0) is 18.8 Å². The zero-order valence-corrected chi connectivity index (χ0v) is 8.71. The summed E-state index contributed by atoms with van der Waals surface area (Å²) in [6.07, 6.45) is -2.28. The summed E-state index contributed by atoms with van der Waals surface area (Å²) in [6, 6.07) is 0. The highest BCUT2D eigenvalue weighted by molar-refractivity contribution is 5.09. The van der Waals surface area contributed by atoms with E-state index in [9.17, 15) is 13.2 Å². The van der Waals surface area contributed by atoms with E-state index in [0.717, 1.165) is 12.8 Å². The minimum Gasteiger partial charge on any atom is -0.329 e. The molecule has 0 bridgehead atoms. The summed E-state index contributed by atoms with van der Waals surface area (Å²) >= 11 is 0. The van der Waals surface area contributed by atoms with Gasteiger partial charge in [0.2, 0.25) is 0 Å². The molecule has 1 heterocycles. The molecule has 4 nitrogen and oxygen atoms in total. The topological polar surface area (TPSA) is 64.9 Å². The fourth-order valence-corrected chi connectivity index (χ4v) is 2.06. The van der Waals surface area contributed by atoms with Crippen LogP contribution in [0.2, 0.25) is 0 Å². The standard InChI is InChI=1S/C9H12F3N3O/c1-5-3-2-4-8(5,13)6-14-7(16-15-6)9(10,11)12/h5H,2-4,13H2,1H3. The number of rotatable bonds is 1. The van der Waals surface area contributed by atoms with Crippen molar-refractivity contribution in [2.45, 2.75) is 37.9 Å². The maximum absolute atomic E-state index is 12.3. The number of nitrogens with zero attached hydrogens (tertiary/aromatic N) is 2. The number of nitrogens with two attached hydrogens (primary N) is 1. The minimum absolute atomic E-state index is 0.0372. The van der Waals surface area contributed by atoms with Crippen molar-refractivity contribution in [2.75, 3.05) is 0 Å². The Hall–Kier alpha value is -1.11. The van der Waals surface area contributed by atoms with Gasteiger partial charge in [0.25, 0.3) is 0 Å². The highest BCUT2D eigenvalue weighted by Crippen LogP contribution is 2.40. The maximum atomic E-state index is 12.3. The van der Waals surface area contributed by atoms with Gasteiger partial charge in [0.1, 0.15) is 0 Å². The summed E-state index contributed by atoms with van der Waals surface area (Å²) in [5, 5.41) is 3.36. The van der Waals surface area contributed by atoms with Crippen LogP contribution in [0.25, 0.3) is 0 Å². The molecule has 0 aliphatic heterocycles. The number of halogens is 3. The Morgan fingerprint density at radius 3 is 2.62 bits per heavy atom. The Morgan fingerprint density at radius 1 is 1.50 bits per heavy atom. The van der Waals surface area contributed by atoms with Crippen molar-refractivity contribution >= 4 is 0 Å². The van der Waals surface area contributed by atoms with Gasteiger partial charge in [0.05, 0.1) is 5.54 Å². The van der Waals surface area contributed by atoms with Crippen LogP contribution < -0.4 is 5.73 Å². The molecule has 16 heavy (non-hydrogen) atoms. The van der Waals surface area contributed by atoms with Crippen molar-refractivity contribution in [2.24, 2.45) is 11.7 Å². The third kappa shape index (κ3) is 1.68. The summed E-state index contributed by atoms with van der Waals surface area (Å²) in [7, 11) is 0. The van der Waals surface area contributed by atoms with Crippen molar-refractivity contribution in [3.63, 3.8) is 0 Å². The molecule has 2 N–H and O–H groups in total. The molecule has 1 aliphatic carbocycles. The molecule has 1 aliphatic rings. The molecule has 1 aromatic rings. The highest BCUT2D eigenvalue weighted by atomic mass is 19.4. The zero-order valence-electron chi connectivity index (χ0n) is 8.71. The van der Waals surface area contributed by atoms with E-state index in [1.54, 1.807) is 0 Å². The predicted molar refractivity (Wildman–Crippen MR) is 48.2 cm³/mol. The second-order valence-electron chi connectivity index (χ2n) is 4.25. The number of aromatic nitrogens is 2. The van der Waals surface area contributed by atoms with Crippen LogP contribution in [0.15, 0.2) is 4.52 Å². The first-order chi connectivity index (χ1) is 7.34. The second-order valence-corrected chi connectivity index (χ2v) is 4.25. The molecule has 2 atom stereocenters.